The van der Waals surface area contributed by atoms with Gasteiger partial charge in [-0.15, -0.1) is 0 Å². The van der Waals surface area contributed by atoms with Gasteiger partial charge in [0, 0.05) is 28.6 Å². The van der Waals surface area contributed by atoms with Crippen molar-refractivity contribution in [1.29, 1.82) is 0 Å². The van der Waals surface area contributed by atoms with Crippen molar-refractivity contribution >= 4 is 60.2 Å². The van der Waals surface area contributed by atoms with Crippen molar-refractivity contribution in [3.8, 4) is 28.2 Å². The zero-order valence-corrected chi connectivity index (χ0v) is 25.0. The summed E-state index contributed by atoms with van der Waals surface area (Å²) in [5.74, 6) is -2.55. The molecule has 1 aliphatic heterocycles. The monoisotopic (exact) mass is 623 g/mol. The van der Waals surface area contributed by atoms with Gasteiger partial charge in [-0.2, -0.15) is 0 Å². The van der Waals surface area contributed by atoms with Gasteiger partial charge in [-0.1, -0.05) is 18.2 Å². The number of fused-ring (bicyclic) bond motifs is 2. The van der Waals surface area contributed by atoms with E-state index in [4.69, 9.17) is 4.42 Å². The van der Waals surface area contributed by atoms with Crippen molar-refractivity contribution in [1.82, 2.24) is 0 Å². The molecule has 0 saturated heterocycles. The summed E-state index contributed by atoms with van der Waals surface area (Å²) < 4.78 is 5.05. The maximum atomic E-state index is 12.5. The minimum atomic E-state index is -1.34. The minimum Gasteiger partial charge on any atom is -0.867 e. The largest absolute Gasteiger partial charge is 1.00 e. The molecular weight excluding hydrogens is 618 g/mol. The molecule has 1 aliphatic carbocycles. The van der Waals surface area contributed by atoms with E-state index < -0.39 is 38.4 Å². The van der Waals surface area contributed by atoms with Crippen LogP contribution in [0.2, 0.25) is 0 Å². The number of rotatable bonds is 4. The number of hydrogen-bond acceptors (Lipinski definition) is 8. The standard InChI is InChI=1S/C20H8Br2N2O9.2Na/c21-14-16(25)11(23(29)30)5-9-13(7-3-1-2-4-8(7)20(27)28)10-6-12(24(31)32)17(26)15(22)19(10)33-18(9)14;;/h1-6,25H,(H,27,28);;/q;2*+1/p-1. The molecule has 166 valence electrons. The molecule has 2 aromatic rings. The van der Waals surface area contributed by atoms with Crippen molar-refractivity contribution in [2.45, 2.75) is 0 Å². The summed E-state index contributed by atoms with van der Waals surface area (Å²) in [6, 6.07) is 7.44. The van der Waals surface area contributed by atoms with Crippen molar-refractivity contribution in [3.63, 3.8) is 0 Å². The molecule has 0 spiro atoms. The second-order valence-electron chi connectivity index (χ2n) is 6.67. The van der Waals surface area contributed by atoms with Gasteiger partial charge in [0.25, 0.3) is 11.1 Å². The van der Waals surface area contributed by atoms with E-state index in [9.17, 15) is 40.0 Å². The smallest absolute Gasteiger partial charge is 0.867 e. The molecule has 1 heterocycles. The van der Waals surface area contributed by atoms with Gasteiger partial charge in [0.1, 0.15) is 10.1 Å². The summed E-state index contributed by atoms with van der Waals surface area (Å²) in [6.45, 7) is 0. The average Bonchev–Trinajstić information content (AvgIpc) is 2.77. The SMILES string of the molecule is O=C(O)c1ccccc1-c1c2cc([N+](=O)[O-])c(=O)c(Br)c-2oc2c(Br)c([O-])c([N+](=O)[O-])cc12.[Na+].[Na+]. The molecule has 0 radical (unpaired) electrons. The minimum absolute atomic E-state index is 0. The van der Waals surface area contributed by atoms with Gasteiger partial charge < -0.3 is 14.6 Å². The maximum Gasteiger partial charge on any atom is 1.00 e. The van der Waals surface area contributed by atoms with E-state index in [1.807, 2.05) is 0 Å². The number of carboxylic acids is 1. The number of hydrogen-bond donors (Lipinski definition) is 1. The molecule has 15 heteroatoms. The van der Waals surface area contributed by atoms with E-state index in [2.05, 4.69) is 31.9 Å². The Morgan fingerprint density at radius 2 is 1.54 bits per heavy atom. The van der Waals surface area contributed by atoms with Gasteiger partial charge in [-0.3, -0.25) is 25.0 Å². The summed E-state index contributed by atoms with van der Waals surface area (Å²) in [6.07, 6.45) is 0. The van der Waals surface area contributed by atoms with Crippen LogP contribution < -0.4 is 69.6 Å². The third-order valence-corrected chi connectivity index (χ3v) is 6.32. The molecule has 11 nitrogen and oxygen atoms in total. The molecule has 0 bridgehead atoms. The van der Waals surface area contributed by atoms with Crippen LogP contribution in [0.5, 0.6) is 5.75 Å². The molecule has 0 fully saturated rings. The van der Waals surface area contributed by atoms with Gasteiger partial charge in [-0.05, 0) is 49.2 Å². The first-order chi connectivity index (χ1) is 15.5. The van der Waals surface area contributed by atoms with Gasteiger partial charge in [0.2, 0.25) is 0 Å². The van der Waals surface area contributed by atoms with Crippen molar-refractivity contribution in [2.75, 3.05) is 0 Å². The Morgan fingerprint density at radius 3 is 2.11 bits per heavy atom. The van der Waals surface area contributed by atoms with Crippen molar-refractivity contribution in [2.24, 2.45) is 0 Å². The normalized spacial score (nSPS) is 10.5. The van der Waals surface area contributed by atoms with E-state index in [1.54, 1.807) is 0 Å². The Labute approximate surface area is 255 Å². The topological polar surface area (TPSA) is 177 Å². The first-order valence-corrected chi connectivity index (χ1v) is 10.4. The Morgan fingerprint density at radius 1 is 0.943 bits per heavy atom. The summed E-state index contributed by atoms with van der Waals surface area (Å²) >= 11 is 5.98. The molecule has 0 aromatic heterocycles. The van der Waals surface area contributed by atoms with Crippen LogP contribution in [0.15, 0.2) is 54.6 Å². The number of nitro groups is 2. The molecule has 0 unspecified atom stereocenters. The Kier molecular flexibility index (Phi) is 9.28. The molecule has 1 N–H and O–H groups in total. The Hall–Kier alpha value is -1.84. The Bertz CT molecular complexity index is 1570. The van der Waals surface area contributed by atoms with E-state index in [0.717, 1.165) is 12.1 Å². The van der Waals surface area contributed by atoms with Gasteiger partial charge in [0.15, 0.2) is 5.76 Å². The number of aromatic carboxylic acids is 1. The predicted molar refractivity (Wildman–Crippen MR) is 120 cm³/mol. The fourth-order valence-corrected chi connectivity index (χ4v) is 4.47. The number of nitrogens with zero attached hydrogens (tertiary/aromatic N) is 2. The number of carbonyl (C=O) groups is 1. The maximum absolute atomic E-state index is 12.5. The van der Waals surface area contributed by atoms with E-state index >= 15 is 0 Å². The van der Waals surface area contributed by atoms with E-state index in [1.165, 1.54) is 24.3 Å². The van der Waals surface area contributed by atoms with Crippen LogP contribution in [0.3, 0.4) is 0 Å². The number of nitro benzene ring substituents is 2. The molecule has 35 heavy (non-hydrogen) atoms. The van der Waals surface area contributed by atoms with E-state index in [-0.39, 0.29) is 107 Å². The summed E-state index contributed by atoms with van der Waals surface area (Å²) in [5, 5.41) is 45.0. The molecule has 2 aromatic carbocycles. The quantitative estimate of drug-likeness (QED) is 0.125. The fraction of sp³-hybridized carbons (Fsp3) is 0. The van der Waals surface area contributed by atoms with Crippen LogP contribution in [0, 0.1) is 20.2 Å². The van der Waals surface area contributed by atoms with Crippen LogP contribution in [0.1, 0.15) is 10.4 Å². The average molecular weight is 625 g/mol. The summed E-state index contributed by atoms with van der Waals surface area (Å²) in [7, 11) is 0. The van der Waals surface area contributed by atoms with Crippen LogP contribution in [0.4, 0.5) is 11.4 Å². The van der Waals surface area contributed by atoms with Crippen LogP contribution in [0.25, 0.3) is 33.4 Å². The zero-order valence-electron chi connectivity index (χ0n) is 17.8. The molecule has 2 aliphatic rings. The Balaban J connectivity index is 0.00000216. The fourth-order valence-electron chi connectivity index (χ4n) is 3.47. The second kappa shape index (κ2) is 11.0. The number of benzene rings is 3. The number of carboxylic acid groups (broad SMARTS) is 1. The summed E-state index contributed by atoms with van der Waals surface area (Å²) in [4.78, 5) is 45.5. The van der Waals surface area contributed by atoms with E-state index in [0.29, 0.717) is 0 Å². The molecular formula is C20H7Br2N2Na2O9+. The molecule has 0 atom stereocenters. The molecule has 4 rings (SSSR count). The molecule has 0 saturated carbocycles. The number of halogens is 2. The third-order valence-electron chi connectivity index (χ3n) is 4.88. The predicted octanol–water partition coefficient (Wildman–Crippen LogP) is -1.31. The van der Waals surface area contributed by atoms with Crippen LogP contribution >= 0.6 is 31.9 Å². The first-order valence-electron chi connectivity index (χ1n) is 8.78. The third kappa shape index (κ3) is 4.91. The van der Waals surface area contributed by atoms with Gasteiger partial charge >= 0.3 is 70.8 Å². The second-order valence-corrected chi connectivity index (χ2v) is 8.26. The van der Waals surface area contributed by atoms with Crippen molar-refractivity contribution < 1.29 is 88.4 Å². The van der Waals surface area contributed by atoms with Crippen LogP contribution in [-0.4, -0.2) is 20.9 Å². The molecule has 0 amide bonds. The zero-order chi connectivity index (χ0) is 24.2. The van der Waals surface area contributed by atoms with Crippen LogP contribution in [-0.2, 0) is 0 Å². The van der Waals surface area contributed by atoms with Gasteiger partial charge in [0.05, 0.1) is 19.9 Å². The van der Waals surface area contributed by atoms with Gasteiger partial charge in [-0.25, -0.2) is 4.79 Å². The summed E-state index contributed by atoms with van der Waals surface area (Å²) in [5.41, 5.74) is -3.11. The van der Waals surface area contributed by atoms with Crippen molar-refractivity contribution in [3.05, 3.63) is 81.4 Å². The number of non-ortho nitro benzene ring substituents is 1. The first kappa shape index (κ1) is 29.4.